The maximum Gasteiger partial charge on any atom is 0.159 e. The van der Waals surface area contributed by atoms with Gasteiger partial charge in [0.25, 0.3) is 0 Å². The lowest BCUT2D eigenvalue weighted by Crippen LogP contribution is -2.23. The van der Waals surface area contributed by atoms with E-state index < -0.39 is 0 Å². The number of hydrogen-bond donors (Lipinski definition) is 0. The molecule has 0 N–H and O–H groups in total. The molecular weight excluding hydrogens is 162 g/mol. The van der Waals surface area contributed by atoms with Crippen molar-refractivity contribution >= 4 is 12.0 Å². The van der Waals surface area contributed by atoms with Crippen molar-refractivity contribution in [1.29, 1.82) is 0 Å². The second-order valence-corrected chi connectivity index (χ2v) is 5.51. The number of carbonyl (C=O) groups excluding carboxylic acids is 1. The number of ketones is 1. The summed E-state index contributed by atoms with van der Waals surface area (Å²) in [7, 11) is 0. The van der Waals surface area contributed by atoms with Crippen LogP contribution in [0.5, 0.6) is 0 Å². The molecule has 0 rings (SSSR count). The zero-order chi connectivity index (χ0) is 10.7. The Hall–Kier alpha value is -0.660. The van der Waals surface area contributed by atoms with E-state index in [1.165, 1.54) is 0 Å². The van der Waals surface area contributed by atoms with Gasteiger partial charge in [-0.2, -0.15) is 0 Å². The van der Waals surface area contributed by atoms with Gasteiger partial charge >= 0.3 is 0 Å². The predicted octanol–water partition coefficient (Wildman–Crippen LogP) is 2.72. The van der Waals surface area contributed by atoms with Gasteiger partial charge in [-0.3, -0.25) is 9.79 Å². The van der Waals surface area contributed by atoms with Crippen LogP contribution in [0.2, 0.25) is 0 Å². The highest BCUT2D eigenvalue weighted by Gasteiger charge is 2.20. The quantitative estimate of drug-likeness (QED) is 0.605. The minimum Gasteiger partial charge on any atom is -0.297 e. The number of aliphatic imine (C=N–C) groups is 1. The number of rotatable bonds is 2. The van der Waals surface area contributed by atoms with Crippen molar-refractivity contribution in [3.05, 3.63) is 0 Å². The molecule has 0 fully saturated rings. The standard InChI is InChI=1S/C11H21NO/c1-10(2,3)8-12-7-9(13)11(4,5)6/h8H,7H2,1-6H3. The van der Waals surface area contributed by atoms with E-state index >= 15 is 0 Å². The lowest BCUT2D eigenvalue weighted by Gasteiger charge is -2.15. The van der Waals surface area contributed by atoms with Crippen LogP contribution in [0.3, 0.4) is 0 Å². The van der Waals surface area contributed by atoms with Gasteiger partial charge < -0.3 is 0 Å². The lowest BCUT2D eigenvalue weighted by molar-refractivity contribution is -0.124. The summed E-state index contributed by atoms with van der Waals surface area (Å²) in [6.07, 6.45) is 1.84. The number of Topliss-reactive ketones (excluding diaryl/α,β-unsaturated/α-hetero) is 1. The van der Waals surface area contributed by atoms with Crippen molar-refractivity contribution in [3.8, 4) is 0 Å². The van der Waals surface area contributed by atoms with Gasteiger partial charge in [0.15, 0.2) is 5.78 Å². The van der Waals surface area contributed by atoms with E-state index in [0.29, 0.717) is 6.54 Å². The van der Waals surface area contributed by atoms with Gasteiger partial charge in [0, 0.05) is 11.6 Å². The van der Waals surface area contributed by atoms with Crippen molar-refractivity contribution in [2.24, 2.45) is 15.8 Å². The lowest BCUT2D eigenvalue weighted by atomic mass is 9.91. The largest absolute Gasteiger partial charge is 0.297 e. The molecule has 0 aliphatic heterocycles. The minimum atomic E-state index is -0.269. The van der Waals surface area contributed by atoms with E-state index in [0.717, 1.165) is 0 Å². The molecule has 0 unspecified atom stereocenters. The summed E-state index contributed by atoms with van der Waals surface area (Å²) in [4.78, 5) is 15.6. The zero-order valence-electron chi connectivity index (χ0n) is 9.64. The molecule has 2 heteroatoms. The first-order valence-corrected chi connectivity index (χ1v) is 4.67. The van der Waals surface area contributed by atoms with Crippen LogP contribution in [0.4, 0.5) is 0 Å². The molecule has 0 saturated heterocycles. The first kappa shape index (κ1) is 12.3. The average molecular weight is 183 g/mol. The first-order valence-electron chi connectivity index (χ1n) is 4.67. The fraction of sp³-hybridized carbons (Fsp3) is 0.818. The van der Waals surface area contributed by atoms with Crippen LogP contribution in [-0.4, -0.2) is 18.5 Å². The second-order valence-electron chi connectivity index (χ2n) is 5.51. The maximum absolute atomic E-state index is 11.4. The maximum atomic E-state index is 11.4. The van der Waals surface area contributed by atoms with Crippen LogP contribution >= 0.6 is 0 Å². The normalized spacial score (nSPS) is 13.7. The smallest absolute Gasteiger partial charge is 0.159 e. The number of carbonyl (C=O) groups is 1. The summed E-state index contributed by atoms with van der Waals surface area (Å²) in [5, 5.41) is 0. The van der Waals surface area contributed by atoms with Crippen LogP contribution in [-0.2, 0) is 4.79 Å². The van der Waals surface area contributed by atoms with E-state index in [1.54, 1.807) is 0 Å². The van der Waals surface area contributed by atoms with Gasteiger partial charge in [-0.1, -0.05) is 41.5 Å². The monoisotopic (exact) mass is 183 g/mol. The van der Waals surface area contributed by atoms with Crippen molar-refractivity contribution in [2.45, 2.75) is 41.5 Å². The van der Waals surface area contributed by atoms with Gasteiger partial charge in [0.1, 0.15) is 0 Å². The Morgan fingerprint density at radius 3 is 1.92 bits per heavy atom. The molecule has 0 atom stereocenters. The molecule has 2 nitrogen and oxygen atoms in total. The molecule has 0 aromatic carbocycles. The van der Waals surface area contributed by atoms with Gasteiger partial charge in [0.2, 0.25) is 0 Å². The highest BCUT2D eigenvalue weighted by Crippen LogP contribution is 2.15. The zero-order valence-corrected chi connectivity index (χ0v) is 9.64. The Morgan fingerprint density at radius 2 is 1.62 bits per heavy atom. The predicted molar refractivity (Wildman–Crippen MR) is 57.3 cm³/mol. The molecule has 0 heterocycles. The topological polar surface area (TPSA) is 29.4 Å². The third-order valence-electron chi connectivity index (χ3n) is 1.55. The van der Waals surface area contributed by atoms with Crippen LogP contribution in [0, 0.1) is 10.8 Å². The molecule has 0 aliphatic carbocycles. The van der Waals surface area contributed by atoms with Crippen LogP contribution < -0.4 is 0 Å². The Kier molecular flexibility index (Phi) is 3.83. The Balaban J connectivity index is 4.06. The first-order chi connectivity index (χ1) is 5.63. The van der Waals surface area contributed by atoms with Crippen molar-refractivity contribution in [2.75, 3.05) is 6.54 Å². The Bertz CT molecular complexity index is 203. The van der Waals surface area contributed by atoms with E-state index in [1.807, 2.05) is 27.0 Å². The van der Waals surface area contributed by atoms with E-state index in [-0.39, 0.29) is 16.6 Å². The molecule has 0 amide bonds. The fourth-order valence-corrected chi connectivity index (χ4v) is 0.640. The molecule has 0 aromatic rings. The number of nitrogens with zero attached hydrogens (tertiary/aromatic N) is 1. The molecule has 0 radical (unpaired) electrons. The van der Waals surface area contributed by atoms with Gasteiger partial charge in [-0.25, -0.2) is 0 Å². The third-order valence-corrected chi connectivity index (χ3v) is 1.55. The molecule has 0 spiro atoms. The van der Waals surface area contributed by atoms with Crippen LogP contribution in [0.15, 0.2) is 4.99 Å². The molecule has 0 saturated carbocycles. The van der Waals surface area contributed by atoms with Gasteiger partial charge in [0.05, 0.1) is 6.54 Å². The molecule has 0 aliphatic rings. The van der Waals surface area contributed by atoms with Gasteiger partial charge in [-0.15, -0.1) is 0 Å². The van der Waals surface area contributed by atoms with Crippen molar-refractivity contribution < 1.29 is 4.79 Å². The van der Waals surface area contributed by atoms with Gasteiger partial charge in [-0.05, 0) is 5.41 Å². The summed E-state index contributed by atoms with van der Waals surface area (Å²) < 4.78 is 0. The Morgan fingerprint density at radius 1 is 1.15 bits per heavy atom. The van der Waals surface area contributed by atoms with E-state index in [9.17, 15) is 4.79 Å². The molecule has 0 bridgehead atoms. The molecule has 13 heavy (non-hydrogen) atoms. The highest BCUT2D eigenvalue weighted by molar-refractivity contribution is 5.86. The van der Waals surface area contributed by atoms with E-state index in [2.05, 4.69) is 25.8 Å². The summed E-state index contributed by atoms with van der Waals surface area (Å²) >= 11 is 0. The van der Waals surface area contributed by atoms with Crippen molar-refractivity contribution in [1.82, 2.24) is 0 Å². The fourth-order valence-electron chi connectivity index (χ4n) is 0.640. The molecular formula is C11H21NO. The van der Waals surface area contributed by atoms with Crippen molar-refractivity contribution in [3.63, 3.8) is 0 Å². The SMILES string of the molecule is CC(C)(C)C=NCC(=O)C(C)(C)C. The van der Waals surface area contributed by atoms with E-state index in [4.69, 9.17) is 0 Å². The minimum absolute atomic E-state index is 0.0676. The summed E-state index contributed by atoms with van der Waals surface area (Å²) in [6, 6.07) is 0. The summed E-state index contributed by atoms with van der Waals surface area (Å²) in [6.45, 7) is 12.3. The summed E-state index contributed by atoms with van der Waals surface area (Å²) in [5.74, 6) is 0.188. The summed E-state index contributed by atoms with van der Waals surface area (Å²) in [5.41, 5.74) is -0.201. The number of hydrogen-bond acceptors (Lipinski definition) is 2. The molecule has 0 aromatic heterocycles. The second kappa shape index (κ2) is 4.03. The Labute approximate surface area is 81.4 Å². The third kappa shape index (κ3) is 6.50. The molecule has 76 valence electrons. The van der Waals surface area contributed by atoms with Crippen LogP contribution in [0.1, 0.15) is 41.5 Å². The average Bonchev–Trinajstić information content (AvgIpc) is 1.82. The highest BCUT2D eigenvalue weighted by atomic mass is 16.1. The van der Waals surface area contributed by atoms with Crippen LogP contribution in [0.25, 0.3) is 0 Å².